The van der Waals surface area contributed by atoms with Gasteiger partial charge in [-0.1, -0.05) is 123 Å². The van der Waals surface area contributed by atoms with E-state index in [4.69, 9.17) is 29.9 Å². The minimum Gasteiger partial charge on any atom is -0.384 e. The van der Waals surface area contributed by atoms with E-state index < -0.39 is 0 Å². The number of halogens is 2. The summed E-state index contributed by atoms with van der Waals surface area (Å²) in [6.07, 6.45) is 0. The highest BCUT2D eigenvalue weighted by Gasteiger charge is 1.95. The molecule has 0 aliphatic rings. The van der Waals surface area contributed by atoms with Gasteiger partial charge in [0.2, 0.25) is 0 Å². The molecule has 0 unspecified atom stereocenters. The third kappa shape index (κ3) is 22.7. The molecule has 0 saturated heterocycles. The molecule has 0 saturated carbocycles. The summed E-state index contributed by atoms with van der Waals surface area (Å²) in [7, 11) is 0. The highest BCUT2D eigenvalue weighted by molar-refractivity contribution is 9.08. The van der Waals surface area contributed by atoms with E-state index in [0.29, 0.717) is 26.4 Å². The van der Waals surface area contributed by atoms with Crippen LogP contribution in [0.4, 0.5) is 0 Å². The Bertz CT molecular complexity index is 897. The standard InChI is InChI=1S/C16H18O4.C8H8Br2.C4H6O2.CH4/c17-9-1-3-11-19-13-15-5-7-16(8-6-15)14-20-12-4-2-10-18;9-5-7-1-2-8(6-10)4-3-7;5-3-1-2-4-6;/h5-8,17-18H,9-14H2;1-4H,5-6H2;5-6H,3-4H2;1H4. The number of rotatable bonds is 8. The maximum absolute atomic E-state index is 8.47. The Morgan fingerprint density at radius 3 is 1.03 bits per heavy atom. The lowest BCUT2D eigenvalue weighted by Gasteiger charge is -2.04. The molecule has 0 radical (unpaired) electrons. The summed E-state index contributed by atoms with van der Waals surface area (Å²) in [6, 6.07) is 16.4. The van der Waals surface area contributed by atoms with Gasteiger partial charge in [-0.25, -0.2) is 0 Å². The van der Waals surface area contributed by atoms with Gasteiger partial charge in [-0.3, -0.25) is 0 Å². The predicted octanol–water partition coefficient (Wildman–Crippen LogP) is 3.80. The molecular formula is C29H36Br2O6. The molecule has 4 N–H and O–H groups in total. The molecule has 0 bridgehead atoms. The zero-order valence-corrected chi connectivity index (χ0v) is 23.2. The molecule has 0 heterocycles. The molecule has 0 spiro atoms. The van der Waals surface area contributed by atoms with Crippen LogP contribution in [0, 0.1) is 35.5 Å². The average molecular weight is 640 g/mol. The van der Waals surface area contributed by atoms with Crippen LogP contribution >= 0.6 is 31.9 Å². The molecule has 0 aromatic heterocycles. The second kappa shape index (κ2) is 28.4. The molecule has 2 aromatic carbocycles. The van der Waals surface area contributed by atoms with Crippen molar-refractivity contribution in [3.05, 3.63) is 70.8 Å². The van der Waals surface area contributed by atoms with Crippen LogP contribution in [-0.4, -0.2) is 60.1 Å². The molecule has 0 aliphatic heterocycles. The van der Waals surface area contributed by atoms with E-state index >= 15 is 0 Å². The van der Waals surface area contributed by atoms with Crippen LogP contribution in [0.1, 0.15) is 29.7 Å². The van der Waals surface area contributed by atoms with E-state index in [-0.39, 0.29) is 33.9 Å². The van der Waals surface area contributed by atoms with Crippen molar-refractivity contribution >= 4 is 31.9 Å². The van der Waals surface area contributed by atoms with Gasteiger partial charge >= 0.3 is 0 Å². The smallest absolute Gasteiger partial charge is 0.108 e. The van der Waals surface area contributed by atoms with Crippen molar-refractivity contribution in [2.45, 2.75) is 31.3 Å². The Morgan fingerprint density at radius 2 is 0.757 bits per heavy atom. The van der Waals surface area contributed by atoms with Crippen LogP contribution in [0.5, 0.6) is 0 Å². The van der Waals surface area contributed by atoms with Gasteiger partial charge in [0, 0.05) is 10.7 Å². The predicted molar refractivity (Wildman–Crippen MR) is 156 cm³/mol. The highest BCUT2D eigenvalue weighted by Crippen LogP contribution is 2.10. The van der Waals surface area contributed by atoms with Crippen LogP contribution in [0.15, 0.2) is 48.5 Å². The van der Waals surface area contributed by atoms with Gasteiger partial charge in [-0.2, -0.15) is 0 Å². The molecule has 0 atom stereocenters. The van der Waals surface area contributed by atoms with E-state index in [0.717, 1.165) is 21.8 Å². The van der Waals surface area contributed by atoms with E-state index in [1.165, 1.54) is 11.1 Å². The first-order valence-electron chi connectivity index (χ1n) is 10.9. The molecular weight excluding hydrogens is 604 g/mol. The van der Waals surface area contributed by atoms with Crippen molar-refractivity contribution in [3.63, 3.8) is 0 Å². The molecule has 202 valence electrons. The van der Waals surface area contributed by atoms with E-state index in [2.05, 4.69) is 91.6 Å². The van der Waals surface area contributed by atoms with Crippen molar-refractivity contribution in [1.29, 1.82) is 0 Å². The van der Waals surface area contributed by atoms with Crippen LogP contribution < -0.4 is 0 Å². The first-order valence-corrected chi connectivity index (χ1v) is 13.1. The number of aliphatic hydroxyl groups excluding tert-OH is 4. The molecule has 2 aromatic rings. The number of ether oxygens (including phenoxy) is 2. The molecule has 8 heteroatoms. The summed E-state index contributed by atoms with van der Waals surface area (Å²) < 4.78 is 10.7. The third-order valence-electron chi connectivity index (χ3n) is 3.93. The Balaban J connectivity index is 0. The van der Waals surface area contributed by atoms with Gasteiger partial charge in [0.25, 0.3) is 0 Å². The minimum absolute atomic E-state index is 0. The zero-order valence-electron chi connectivity index (χ0n) is 20.1. The van der Waals surface area contributed by atoms with E-state index in [9.17, 15) is 0 Å². The van der Waals surface area contributed by atoms with Crippen molar-refractivity contribution in [2.24, 2.45) is 0 Å². The fraction of sp³-hybridized carbons (Fsp3) is 0.379. The van der Waals surface area contributed by atoms with Crippen LogP contribution in [0.25, 0.3) is 0 Å². The molecule has 2 rings (SSSR count). The lowest BCUT2D eigenvalue weighted by molar-refractivity contribution is 0.151. The number of hydrogen-bond donors (Lipinski definition) is 4. The van der Waals surface area contributed by atoms with Crippen LogP contribution in [0.2, 0.25) is 0 Å². The summed E-state index contributed by atoms with van der Waals surface area (Å²) in [4.78, 5) is 0. The molecule has 37 heavy (non-hydrogen) atoms. The van der Waals surface area contributed by atoms with Crippen molar-refractivity contribution < 1.29 is 29.9 Å². The fourth-order valence-corrected chi connectivity index (χ4v) is 2.96. The van der Waals surface area contributed by atoms with Gasteiger partial charge < -0.3 is 29.9 Å². The number of aliphatic hydroxyl groups is 4. The second-order valence-corrected chi connectivity index (χ2v) is 7.70. The van der Waals surface area contributed by atoms with Gasteiger partial charge in [0.1, 0.15) is 39.6 Å². The number of alkyl halides is 2. The van der Waals surface area contributed by atoms with Gasteiger partial charge in [-0.05, 0) is 22.3 Å². The summed E-state index contributed by atoms with van der Waals surface area (Å²) in [5.41, 5.74) is 4.76. The summed E-state index contributed by atoms with van der Waals surface area (Å²) >= 11 is 6.78. The van der Waals surface area contributed by atoms with Crippen LogP contribution in [-0.2, 0) is 33.3 Å². The SMILES string of the molecule is BrCc1ccc(CBr)cc1.C.OCC#CCO.OCC#CCOCc1ccc(COCC#CCO)cc1. The maximum atomic E-state index is 8.47. The Morgan fingerprint density at radius 1 is 0.486 bits per heavy atom. The van der Waals surface area contributed by atoms with Gasteiger partial charge in [0.15, 0.2) is 0 Å². The van der Waals surface area contributed by atoms with Crippen molar-refractivity contribution in [2.75, 3.05) is 39.6 Å². The first kappa shape index (κ1) is 37.0. The second-order valence-electron chi connectivity index (χ2n) is 6.58. The maximum Gasteiger partial charge on any atom is 0.108 e. The van der Waals surface area contributed by atoms with E-state index in [1.807, 2.05) is 24.3 Å². The summed E-state index contributed by atoms with van der Waals surface area (Å²) in [5.74, 6) is 14.9. The monoisotopic (exact) mass is 638 g/mol. The Hall–Kier alpha value is -2.16. The molecule has 0 fully saturated rings. The quantitative estimate of drug-likeness (QED) is 0.199. The average Bonchev–Trinajstić information content (AvgIpc) is 2.93. The number of benzene rings is 2. The first-order chi connectivity index (χ1) is 17.6. The zero-order chi connectivity index (χ0) is 26.7. The van der Waals surface area contributed by atoms with Crippen LogP contribution in [0.3, 0.4) is 0 Å². The minimum atomic E-state index is -0.166. The van der Waals surface area contributed by atoms with Crippen molar-refractivity contribution in [1.82, 2.24) is 0 Å². The van der Waals surface area contributed by atoms with Gasteiger partial charge in [-0.15, -0.1) is 0 Å². The Labute approximate surface area is 238 Å². The van der Waals surface area contributed by atoms with Crippen molar-refractivity contribution in [3.8, 4) is 35.5 Å². The number of hydrogen-bond acceptors (Lipinski definition) is 6. The Kier molecular flexibility index (Phi) is 28.4. The third-order valence-corrected chi connectivity index (χ3v) is 5.23. The molecule has 0 amide bonds. The van der Waals surface area contributed by atoms with Gasteiger partial charge in [0.05, 0.1) is 13.2 Å². The van der Waals surface area contributed by atoms with E-state index in [1.54, 1.807) is 0 Å². The summed E-state index contributed by atoms with van der Waals surface area (Å²) in [6.45, 7) is 0.999. The molecule has 0 aliphatic carbocycles. The highest BCUT2D eigenvalue weighted by atomic mass is 79.9. The normalized spacial score (nSPS) is 8.70. The largest absolute Gasteiger partial charge is 0.384 e. The summed E-state index contributed by atoms with van der Waals surface area (Å²) in [5, 5.41) is 34.6. The lowest BCUT2D eigenvalue weighted by atomic mass is 10.1. The molecule has 6 nitrogen and oxygen atoms in total. The topological polar surface area (TPSA) is 99.4 Å². The fourth-order valence-electron chi connectivity index (χ4n) is 2.21. The lowest BCUT2D eigenvalue weighted by Crippen LogP contribution is -1.96.